The van der Waals surface area contributed by atoms with Crippen LogP contribution in [0.5, 0.6) is 0 Å². The Kier molecular flexibility index (Phi) is 7.07. The molecular weight excluding hydrogens is 246 g/mol. The first kappa shape index (κ1) is 15.8. The van der Waals surface area contributed by atoms with Crippen molar-refractivity contribution >= 4 is 11.8 Å². The summed E-state index contributed by atoms with van der Waals surface area (Å²) in [6.45, 7) is 11.1. The lowest BCUT2D eigenvalue weighted by atomic mass is 10.2. The fraction of sp³-hybridized carbons (Fsp3) is 0.846. The Bertz CT molecular complexity index is 271. The summed E-state index contributed by atoms with van der Waals surface area (Å²) in [5.74, 6) is 0.641. The monoisotopic (exact) mass is 273 g/mol. The normalized spacial score (nSPS) is 20.1. The number of hydrogen-bond acceptors (Lipinski definition) is 5. The molecule has 1 aliphatic heterocycles. The van der Waals surface area contributed by atoms with E-state index in [0.717, 1.165) is 26.2 Å². The number of ether oxygens (including phenoxy) is 1. The van der Waals surface area contributed by atoms with Gasteiger partial charge in [-0.25, -0.2) is 0 Å². The highest BCUT2D eigenvalue weighted by molar-refractivity contribution is 8.02. The number of hydrogen-bond donors (Lipinski definition) is 1. The zero-order chi connectivity index (χ0) is 13.5. The minimum atomic E-state index is 0.381. The van der Waals surface area contributed by atoms with Crippen LogP contribution in [0.15, 0.2) is 11.1 Å². The average molecular weight is 273 g/mol. The van der Waals surface area contributed by atoms with Gasteiger partial charge in [-0.3, -0.25) is 4.90 Å². The van der Waals surface area contributed by atoms with Gasteiger partial charge in [-0.15, -0.1) is 0 Å². The molecular formula is C13H27N3OS. The highest BCUT2D eigenvalue weighted by atomic mass is 32.2. The molecule has 4 nitrogen and oxygen atoms in total. The maximum atomic E-state index is 5.84. The molecule has 0 saturated carbocycles. The molecule has 0 bridgehead atoms. The molecule has 1 rings (SSSR count). The van der Waals surface area contributed by atoms with Gasteiger partial charge in [0, 0.05) is 32.4 Å². The molecule has 1 aliphatic rings. The molecule has 1 heterocycles. The number of nitrogens with zero attached hydrogens (tertiary/aromatic N) is 2. The van der Waals surface area contributed by atoms with Gasteiger partial charge in [0.2, 0.25) is 0 Å². The first-order valence-corrected chi connectivity index (χ1v) is 7.62. The van der Waals surface area contributed by atoms with E-state index in [9.17, 15) is 0 Å². The molecule has 0 aromatic rings. The van der Waals surface area contributed by atoms with E-state index >= 15 is 0 Å². The number of likely N-dealkylation sites (N-methyl/N-ethyl adjacent to an activating group) is 1. The van der Waals surface area contributed by atoms with E-state index in [4.69, 9.17) is 10.5 Å². The van der Waals surface area contributed by atoms with Crippen molar-refractivity contribution in [2.24, 2.45) is 11.7 Å². The summed E-state index contributed by atoms with van der Waals surface area (Å²) in [5, 5.41) is 2.21. The largest absolute Gasteiger partial charge is 0.383 e. The van der Waals surface area contributed by atoms with Crippen LogP contribution in [-0.2, 0) is 4.74 Å². The smallest absolute Gasteiger partial charge is 0.134 e. The molecule has 5 heteroatoms. The van der Waals surface area contributed by atoms with Crippen molar-refractivity contribution in [1.29, 1.82) is 0 Å². The maximum absolute atomic E-state index is 5.84. The van der Waals surface area contributed by atoms with Crippen LogP contribution in [0.1, 0.15) is 20.8 Å². The fourth-order valence-corrected chi connectivity index (χ4v) is 3.41. The summed E-state index contributed by atoms with van der Waals surface area (Å²) in [6, 6.07) is 0. The van der Waals surface area contributed by atoms with Crippen LogP contribution in [0, 0.1) is 5.92 Å². The minimum absolute atomic E-state index is 0.381. The van der Waals surface area contributed by atoms with E-state index < -0.39 is 0 Å². The van der Waals surface area contributed by atoms with Crippen LogP contribution in [0.4, 0.5) is 0 Å². The second-order valence-corrected chi connectivity index (χ2v) is 5.87. The zero-order valence-corrected chi connectivity index (χ0v) is 12.9. The van der Waals surface area contributed by atoms with Crippen molar-refractivity contribution in [3.8, 4) is 0 Å². The summed E-state index contributed by atoms with van der Waals surface area (Å²) >= 11 is 1.86. The summed E-state index contributed by atoms with van der Waals surface area (Å²) < 4.78 is 5.19. The van der Waals surface area contributed by atoms with E-state index in [0.29, 0.717) is 18.0 Å². The topological polar surface area (TPSA) is 41.7 Å². The standard InChI is InChI=1S/C13H27N3OS/c1-5-15(6-7-17-4)13-16(9-11(2)3)12(8-14)10-18-13/h10-11,13H,5-9,14H2,1-4H3. The second kappa shape index (κ2) is 8.04. The molecule has 0 aromatic heterocycles. The SMILES string of the molecule is CCN(CCOC)C1SC=C(CN)N1CC(C)C. The van der Waals surface area contributed by atoms with Gasteiger partial charge >= 0.3 is 0 Å². The second-order valence-electron chi connectivity index (χ2n) is 4.94. The van der Waals surface area contributed by atoms with Crippen molar-refractivity contribution in [2.75, 3.05) is 39.9 Å². The van der Waals surface area contributed by atoms with Crippen LogP contribution in [0.3, 0.4) is 0 Å². The third-order valence-electron chi connectivity index (χ3n) is 3.03. The predicted octanol–water partition coefficient (Wildman–Crippen LogP) is 1.74. The van der Waals surface area contributed by atoms with E-state index in [2.05, 4.69) is 36.0 Å². The van der Waals surface area contributed by atoms with E-state index in [1.54, 1.807) is 7.11 Å². The molecule has 1 atom stereocenters. The molecule has 18 heavy (non-hydrogen) atoms. The molecule has 1 unspecified atom stereocenters. The van der Waals surface area contributed by atoms with E-state index in [1.165, 1.54) is 5.70 Å². The fourth-order valence-electron chi connectivity index (χ4n) is 2.11. The molecule has 0 amide bonds. The van der Waals surface area contributed by atoms with Gasteiger partial charge < -0.3 is 15.4 Å². The number of nitrogens with two attached hydrogens (primary N) is 1. The average Bonchev–Trinajstić information content (AvgIpc) is 2.73. The predicted molar refractivity (Wildman–Crippen MR) is 79.2 cm³/mol. The van der Waals surface area contributed by atoms with Crippen molar-refractivity contribution in [3.05, 3.63) is 11.1 Å². The van der Waals surface area contributed by atoms with Gasteiger partial charge in [0.25, 0.3) is 0 Å². The lowest BCUT2D eigenvalue weighted by Gasteiger charge is -2.37. The van der Waals surface area contributed by atoms with Gasteiger partial charge in [-0.05, 0) is 17.9 Å². The van der Waals surface area contributed by atoms with Crippen molar-refractivity contribution in [1.82, 2.24) is 9.80 Å². The van der Waals surface area contributed by atoms with Crippen LogP contribution in [0.2, 0.25) is 0 Å². The lowest BCUT2D eigenvalue weighted by molar-refractivity contribution is 0.0930. The summed E-state index contributed by atoms with van der Waals surface area (Å²) in [6.07, 6.45) is 0. The van der Waals surface area contributed by atoms with E-state index in [-0.39, 0.29) is 0 Å². The Balaban J connectivity index is 2.67. The van der Waals surface area contributed by atoms with Gasteiger partial charge in [0.05, 0.1) is 6.61 Å². The number of rotatable bonds is 8. The molecule has 0 fully saturated rings. The molecule has 2 N–H and O–H groups in total. The third kappa shape index (κ3) is 4.16. The van der Waals surface area contributed by atoms with E-state index in [1.807, 2.05) is 11.8 Å². The van der Waals surface area contributed by atoms with Crippen molar-refractivity contribution < 1.29 is 4.74 Å². The lowest BCUT2D eigenvalue weighted by Crippen LogP contribution is -2.46. The quantitative estimate of drug-likeness (QED) is 0.729. The Morgan fingerprint density at radius 2 is 2.28 bits per heavy atom. The first-order chi connectivity index (χ1) is 8.63. The molecule has 106 valence electrons. The summed E-state index contributed by atoms with van der Waals surface area (Å²) in [5.41, 5.74) is 7.48. The van der Waals surface area contributed by atoms with Crippen LogP contribution < -0.4 is 5.73 Å². The Morgan fingerprint density at radius 3 is 2.78 bits per heavy atom. The molecule has 0 spiro atoms. The zero-order valence-electron chi connectivity index (χ0n) is 12.1. The van der Waals surface area contributed by atoms with Crippen LogP contribution in [0.25, 0.3) is 0 Å². The van der Waals surface area contributed by atoms with Crippen molar-refractivity contribution in [3.63, 3.8) is 0 Å². The summed E-state index contributed by atoms with van der Waals surface area (Å²) in [7, 11) is 1.76. The van der Waals surface area contributed by atoms with Gasteiger partial charge in [-0.2, -0.15) is 0 Å². The molecule has 0 saturated heterocycles. The van der Waals surface area contributed by atoms with Gasteiger partial charge in [-0.1, -0.05) is 32.5 Å². The highest BCUT2D eigenvalue weighted by Crippen LogP contribution is 2.33. The van der Waals surface area contributed by atoms with Crippen molar-refractivity contribution in [2.45, 2.75) is 26.3 Å². The Hall–Kier alpha value is -0.230. The first-order valence-electron chi connectivity index (χ1n) is 6.68. The third-order valence-corrected chi connectivity index (χ3v) is 4.24. The molecule has 0 aromatic carbocycles. The number of thioether (sulfide) groups is 1. The van der Waals surface area contributed by atoms with Crippen LogP contribution in [-0.4, -0.2) is 55.2 Å². The Labute approximate surface area is 116 Å². The molecule has 0 aliphatic carbocycles. The molecule has 0 radical (unpaired) electrons. The van der Waals surface area contributed by atoms with Gasteiger partial charge in [0.15, 0.2) is 0 Å². The maximum Gasteiger partial charge on any atom is 0.134 e. The minimum Gasteiger partial charge on any atom is -0.383 e. The summed E-state index contributed by atoms with van der Waals surface area (Å²) in [4.78, 5) is 4.88. The Morgan fingerprint density at radius 1 is 1.56 bits per heavy atom. The number of methoxy groups -OCH3 is 1. The van der Waals surface area contributed by atoms with Crippen LogP contribution >= 0.6 is 11.8 Å². The van der Waals surface area contributed by atoms with Gasteiger partial charge in [0.1, 0.15) is 5.50 Å². The highest BCUT2D eigenvalue weighted by Gasteiger charge is 2.30.